The fraction of sp³-hybridized carbons (Fsp3) is 0.533. The molecule has 1 fully saturated rings. The molecule has 1 unspecified atom stereocenters. The zero-order chi connectivity index (χ0) is 13.8. The number of aromatic nitrogens is 3. The third-order valence-electron chi connectivity index (χ3n) is 3.89. The molecule has 0 N–H and O–H groups in total. The molecule has 5 heteroatoms. The van der Waals surface area contributed by atoms with Crippen LogP contribution in [0.5, 0.6) is 0 Å². The van der Waals surface area contributed by atoms with E-state index in [2.05, 4.69) is 32.2 Å². The van der Waals surface area contributed by atoms with Gasteiger partial charge in [-0.15, -0.1) is 0 Å². The maximum Gasteiger partial charge on any atom is 0.226 e. The topological polar surface area (TPSA) is 55.1 Å². The van der Waals surface area contributed by atoms with Crippen molar-refractivity contribution in [1.82, 2.24) is 20.0 Å². The Bertz CT molecular complexity index is 540. The van der Waals surface area contributed by atoms with E-state index in [1.165, 1.54) is 12.0 Å². The molecule has 2 aromatic heterocycles. The third-order valence-corrected chi connectivity index (χ3v) is 3.89. The van der Waals surface area contributed by atoms with E-state index in [4.69, 9.17) is 4.52 Å². The highest BCUT2D eigenvalue weighted by Gasteiger charge is 2.29. The summed E-state index contributed by atoms with van der Waals surface area (Å²) in [6.07, 6.45) is 7.87. The number of nitrogens with zero attached hydrogens (tertiary/aromatic N) is 4. The fourth-order valence-electron chi connectivity index (χ4n) is 2.76. The zero-order valence-electron chi connectivity index (χ0n) is 11.8. The molecular formula is C15H20N4O. The molecule has 20 heavy (non-hydrogen) atoms. The summed E-state index contributed by atoms with van der Waals surface area (Å²) in [5.74, 6) is 1.59. The van der Waals surface area contributed by atoms with Crippen LogP contribution >= 0.6 is 0 Å². The highest BCUT2D eigenvalue weighted by Crippen LogP contribution is 2.30. The van der Waals surface area contributed by atoms with Gasteiger partial charge in [0, 0.05) is 25.4 Å². The van der Waals surface area contributed by atoms with Gasteiger partial charge in [-0.25, -0.2) is 0 Å². The Morgan fingerprint density at radius 2 is 2.20 bits per heavy atom. The summed E-state index contributed by atoms with van der Waals surface area (Å²) < 4.78 is 5.24. The highest BCUT2D eigenvalue weighted by molar-refractivity contribution is 5.10. The lowest BCUT2D eigenvalue weighted by Crippen LogP contribution is -2.26. The summed E-state index contributed by atoms with van der Waals surface area (Å²) in [4.78, 5) is 11.0. The molecule has 3 rings (SSSR count). The average molecular weight is 272 g/mol. The van der Waals surface area contributed by atoms with Crippen LogP contribution in [0.3, 0.4) is 0 Å². The van der Waals surface area contributed by atoms with E-state index in [9.17, 15) is 0 Å². The second-order valence-corrected chi connectivity index (χ2v) is 5.20. The molecule has 1 aliphatic heterocycles. The second-order valence-electron chi connectivity index (χ2n) is 5.20. The summed E-state index contributed by atoms with van der Waals surface area (Å²) in [6.45, 7) is 4.18. The van der Waals surface area contributed by atoms with E-state index in [0.29, 0.717) is 6.04 Å². The largest absolute Gasteiger partial charge is 0.339 e. The first-order chi connectivity index (χ1) is 9.86. The summed E-state index contributed by atoms with van der Waals surface area (Å²) in [5, 5.41) is 4.14. The highest BCUT2D eigenvalue weighted by atomic mass is 16.5. The van der Waals surface area contributed by atoms with Gasteiger partial charge >= 0.3 is 0 Å². The van der Waals surface area contributed by atoms with Gasteiger partial charge in [0.2, 0.25) is 5.89 Å². The molecule has 3 heterocycles. The van der Waals surface area contributed by atoms with Crippen LogP contribution in [0.4, 0.5) is 0 Å². The standard InChI is InChI=1S/C15H20N4O/c1-2-14-17-15(18-20-14)13-4-3-10-19(13)11-7-12-5-8-16-9-6-12/h5-6,8-9,13H,2-4,7,10-11H2,1H3. The minimum Gasteiger partial charge on any atom is -0.339 e. The molecule has 0 aliphatic carbocycles. The molecule has 2 aromatic rings. The Balaban J connectivity index is 1.63. The molecule has 1 atom stereocenters. The normalized spacial score (nSPS) is 19.6. The number of rotatable bonds is 5. The maximum atomic E-state index is 5.24. The van der Waals surface area contributed by atoms with Crippen molar-refractivity contribution in [3.8, 4) is 0 Å². The minimum atomic E-state index is 0.320. The molecule has 0 bridgehead atoms. The van der Waals surface area contributed by atoms with Gasteiger partial charge in [0.15, 0.2) is 5.82 Å². The molecule has 1 aliphatic rings. The lowest BCUT2D eigenvalue weighted by Gasteiger charge is -2.21. The van der Waals surface area contributed by atoms with Crippen LogP contribution in [0.1, 0.15) is 43.1 Å². The first-order valence-electron chi connectivity index (χ1n) is 7.32. The Kier molecular flexibility index (Phi) is 4.06. The van der Waals surface area contributed by atoms with Gasteiger partial charge in [-0.1, -0.05) is 12.1 Å². The molecule has 106 valence electrons. The molecule has 0 radical (unpaired) electrons. The number of hydrogen-bond acceptors (Lipinski definition) is 5. The van der Waals surface area contributed by atoms with Gasteiger partial charge < -0.3 is 4.52 Å². The summed E-state index contributed by atoms with van der Waals surface area (Å²) in [6, 6.07) is 4.48. The molecule has 5 nitrogen and oxygen atoms in total. The van der Waals surface area contributed by atoms with Crippen LogP contribution < -0.4 is 0 Å². The summed E-state index contributed by atoms with van der Waals surface area (Å²) in [5.41, 5.74) is 1.33. The third kappa shape index (κ3) is 2.88. The molecule has 0 saturated carbocycles. The number of pyridine rings is 1. The monoisotopic (exact) mass is 272 g/mol. The van der Waals surface area contributed by atoms with Gasteiger partial charge in [-0.2, -0.15) is 4.98 Å². The van der Waals surface area contributed by atoms with Crippen molar-refractivity contribution < 1.29 is 4.52 Å². The molecule has 0 amide bonds. The molecule has 1 saturated heterocycles. The van der Waals surface area contributed by atoms with Crippen LogP contribution in [0.25, 0.3) is 0 Å². The SMILES string of the molecule is CCc1nc(C2CCCN2CCc2ccncc2)no1. The average Bonchev–Trinajstić information content (AvgIpc) is 3.14. The Morgan fingerprint density at radius 3 is 2.95 bits per heavy atom. The minimum absolute atomic E-state index is 0.320. The van der Waals surface area contributed by atoms with Crippen LogP contribution in [0.2, 0.25) is 0 Å². The van der Waals surface area contributed by atoms with Crippen molar-refractivity contribution in [2.75, 3.05) is 13.1 Å². The van der Waals surface area contributed by atoms with Crippen molar-refractivity contribution >= 4 is 0 Å². The smallest absolute Gasteiger partial charge is 0.226 e. The lowest BCUT2D eigenvalue weighted by atomic mass is 10.1. The molecular weight excluding hydrogens is 252 g/mol. The van der Waals surface area contributed by atoms with Crippen molar-refractivity contribution in [2.24, 2.45) is 0 Å². The van der Waals surface area contributed by atoms with Crippen LogP contribution in [-0.2, 0) is 12.8 Å². The lowest BCUT2D eigenvalue weighted by molar-refractivity contribution is 0.245. The van der Waals surface area contributed by atoms with Gasteiger partial charge in [-0.05, 0) is 43.5 Å². The first-order valence-corrected chi connectivity index (χ1v) is 7.32. The number of aryl methyl sites for hydroxylation is 1. The quantitative estimate of drug-likeness (QED) is 0.836. The van der Waals surface area contributed by atoms with Gasteiger partial charge in [0.1, 0.15) is 0 Å². The predicted octanol–water partition coefficient (Wildman–Crippen LogP) is 2.41. The van der Waals surface area contributed by atoms with E-state index < -0.39 is 0 Å². The van der Waals surface area contributed by atoms with Crippen molar-refractivity contribution in [3.05, 3.63) is 41.8 Å². The van der Waals surface area contributed by atoms with Crippen molar-refractivity contribution in [1.29, 1.82) is 0 Å². The second kappa shape index (κ2) is 6.13. The fourth-order valence-corrected chi connectivity index (χ4v) is 2.76. The van der Waals surface area contributed by atoms with Crippen LogP contribution in [-0.4, -0.2) is 33.1 Å². The molecule has 0 spiro atoms. The summed E-state index contributed by atoms with van der Waals surface area (Å²) >= 11 is 0. The maximum absolute atomic E-state index is 5.24. The van der Waals surface area contributed by atoms with E-state index >= 15 is 0 Å². The van der Waals surface area contributed by atoms with Crippen molar-refractivity contribution in [2.45, 2.75) is 38.6 Å². The first kappa shape index (κ1) is 13.2. The summed E-state index contributed by atoms with van der Waals surface area (Å²) in [7, 11) is 0. The predicted molar refractivity (Wildman–Crippen MR) is 75.2 cm³/mol. The van der Waals surface area contributed by atoms with Crippen molar-refractivity contribution in [3.63, 3.8) is 0 Å². The van der Waals surface area contributed by atoms with Crippen LogP contribution in [0.15, 0.2) is 29.0 Å². The Morgan fingerprint density at radius 1 is 1.35 bits per heavy atom. The van der Waals surface area contributed by atoms with Gasteiger partial charge in [-0.3, -0.25) is 9.88 Å². The number of hydrogen-bond donors (Lipinski definition) is 0. The molecule has 0 aromatic carbocycles. The van der Waals surface area contributed by atoms with Crippen LogP contribution in [0, 0.1) is 0 Å². The van der Waals surface area contributed by atoms with E-state index in [1.807, 2.05) is 19.3 Å². The van der Waals surface area contributed by atoms with Gasteiger partial charge in [0.05, 0.1) is 6.04 Å². The van der Waals surface area contributed by atoms with Gasteiger partial charge in [0.25, 0.3) is 0 Å². The zero-order valence-corrected chi connectivity index (χ0v) is 11.8. The number of likely N-dealkylation sites (tertiary alicyclic amines) is 1. The van der Waals surface area contributed by atoms with E-state index in [0.717, 1.165) is 44.1 Å². The Hall–Kier alpha value is -1.75. The van der Waals surface area contributed by atoms with E-state index in [1.54, 1.807) is 0 Å². The van der Waals surface area contributed by atoms with E-state index in [-0.39, 0.29) is 0 Å². The Labute approximate surface area is 119 Å².